The second-order valence-corrected chi connectivity index (χ2v) is 3.88. The number of hydrogen-bond acceptors (Lipinski definition) is 2. The van der Waals surface area contributed by atoms with Crippen LogP contribution in [0.15, 0.2) is 18.2 Å². The molecule has 0 amide bonds. The molecule has 0 aromatic heterocycles. The lowest BCUT2D eigenvalue weighted by molar-refractivity contribution is -0.182. The average molecular weight is 233 g/mol. The lowest BCUT2D eigenvalue weighted by atomic mass is 10.2. The Morgan fingerprint density at radius 1 is 1.07 bits per heavy atom. The Labute approximate surface area is 92.7 Å². The Morgan fingerprint density at radius 3 is 2.21 bits per heavy atom. The normalized spacial score (nSPS) is 18.4. The highest BCUT2D eigenvalue weighted by Crippen LogP contribution is 2.34. The molecule has 1 aliphatic heterocycles. The highest BCUT2D eigenvalue weighted by Gasteiger charge is 2.21. The predicted octanol–water partition coefficient (Wildman–Crippen LogP) is 3.43. The van der Waals surface area contributed by atoms with Gasteiger partial charge >= 0.3 is 0 Å². The number of ether oxygens (including phenoxy) is 2. The van der Waals surface area contributed by atoms with Gasteiger partial charge in [0, 0.05) is 5.56 Å². The lowest BCUT2D eigenvalue weighted by Crippen LogP contribution is -2.18. The van der Waals surface area contributed by atoms with Crippen LogP contribution in [0, 0.1) is 0 Å². The molecule has 1 aliphatic rings. The maximum absolute atomic E-state index is 6.02. The highest BCUT2D eigenvalue weighted by atomic mass is 35.5. The summed E-state index contributed by atoms with van der Waals surface area (Å²) in [6.07, 6.45) is 0.503. The van der Waals surface area contributed by atoms with Crippen LogP contribution in [0.25, 0.3) is 0 Å². The van der Waals surface area contributed by atoms with Crippen molar-refractivity contribution < 1.29 is 9.47 Å². The molecule has 0 spiro atoms. The fourth-order valence-corrected chi connectivity index (χ4v) is 1.97. The summed E-state index contributed by atoms with van der Waals surface area (Å²) >= 11 is 12.0. The van der Waals surface area contributed by atoms with Crippen LogP contribution in [-0.2, 0) is 9.47 Å². The van der Waals surface area contributed by atoms with Crippen molar-refractivity contribution in [2.24, 2.45) is 0 Å². The van der Waals surface area contributed by atoms with Crippen LogP contribution in [0.1, 0.15) is 18.3 Å². The number of hydrogen-bond donors (Lipinski definition) is 0. The van der Waals surface area contributed by atoms with Crippen LogP contribution in [0.2, 0.25) is 10.0 Å². The SMILES string of the molecule is Clc1cccc(Cl)c1C1OCCCO1. The predicted molar refractivity (Wildman–Crippen MR) is 55.7 cm³/mol. The van der Waals surface area contributed by atoms with E-state index in [1.54, 1.807) is 18.2 Å². The highest BCUT2D eigenvalue weighted by molar-refractivity contribution is 6.36. The molecule has 1 aromatic rings. The minimum Gasteiger partial charge on any atom is -0.348 e. The molecule has 4 heteroatoms. The number of benzene rings is 1. The van der Waals surface area contributed by atoms with Crippen molar-refractivity contribution >= 4 is 23.2 Å². The smallest absolute Gasteiger partial charge is 0.186 e. The molecule has 0 bridgehead atoms. The van der Waals surface area contributed by atoms with Crippen LogP contribution in [0.5, 0.6) is 0 Å². The molecule has 1 aromatic carbocycles. The maximum Gasteiger partial charge on any atom is 0.186 e. The summed E-state index contributed by atoms with van der Waals surface area (Å²) in [6, 6.07) is 5.37. The van der Waals surface area contributed by atoms with E-state index in [-0.39, 0.29) is 0 Å². The van der Waals surface area contributed by atoms with Crippen LogP contribution in [0.4, 0.5) is 0 Å². The molecule has 0 N–H and O–H groups in total. The molecule has 0 saturated carbocycles. The van der Waals surface area contributed by atoms with Gasteiger partial charge in [0.05, 0.1) is 23.3 Å². The Bertz CT molecular complexity index is 302. The lowest BCUT2D eigenvalue weighted by Gasteiger charge is -2.24. The molecule has 1 fully saturated rings. The Kier molecular flexibility index (Phi) is 3.29. The van der Waals surface area contributed by atoms with E-state index < -0.39 is 6.29 Å². The summed E-state index contributed by atoms with van der Waals surface area (Å²) < 4.78 is 10.9. The summed E-state index contributed by atoms with van der Waals surface area (Å²) in [5, 5.41) is 1.17. The van der Waals surface area contributed by atoms with E-state index in [4.69, 9.17) is 32.7 Å². The van der Waals surface area contributed by atoms with Crippen molar-refractivity contribution in [3.05, 3.63) is 33.8 Å². The van der Waals surface area contributed by atoms with Gasteiger partial charge in [-0.05, 0) is 18.6 Å². The monoisotopic (exact) mass is 232 g/mol. The summed E-state index contributed by atoms with van der Waals surface area (Å²) in [4.78, 5) is 0. The van der Waals surface area contributed by atoms with Crippen LogP contribution >= 0.6 is 23.2 Å². The second-order valence-electron chi connectivity index (χ2n) is 3.06. The standard InChI is InChI=1S/C10H10Cl2O2/c11-7-3-1-4-8(12)9(7)10-13-5-2-6-14-10/h1,3-4,10H,2,5-6H2. The number of rotatable bonds is 1. The van der Waals surface area contributed by atoms with Crippen molar-refractivity contribution in [1.82, 2.24) is 0 Å². The minimum absolute atomic E-state index is 0.412. The topological polar surface area (TPSA) is 18.5 Å². The fourth-order valence-electron chi connectivity index (χ4n) is 1.39. The quantitative estimate of drug-likeness (QED) is 0.739. The van der Waals surface area contributed by atoms with E-state index in [0.717, 1.165) is 12.0 Å². The minimum atomic E-state index is -0.412. The summed E-state index contributed by atoms with van der Waals surface area (Å²) in [7, 11) is 0. The molecule has 1 saturated heterocycles. The van der Waals surface area contributed by atoms with Gasteiger partial charge in [-0.25, -0.2) is 0 Å². The molecule has 1 heterocycles. The van der Waals surface area contributed by atoms with E-state index >= 15 is 0 Å². The van der Waals surface area contributed by atoms with Crippen LogP contribution < -0.4 is 0 Å². The molecule has 0 atom stereocenters. The second kappa shape index (κ2) is 4.49. The van der Waals surface area contributed by atoms with Crippen molar-refractivity contribution in [3.8, 4) is 0 Å². The van der Waals surface area contributed by atoms with Gasteiger partial charge in [-0.15, -0.1) is 0 Å². The summed E-state index contributed by atoms with van der Waals surface area (Å²) in [5.41, 5.74) is 0.732. The van der Waals surface area contributed by atoms with E-state index in [0.29, 0.717) is 23.3 Å². The van der Waals surface area contributed by atoms with E-state index in [1.807, 2.05) is 0 Å². The summed E-state index contributed by atoms with van der Waals surface area (Å²) in [5.74, 6) is 0. The third-order valence-electron chi connectivity index (χ3n) is 2.06. The van der Waals surface area contributed by atoms with Gasteiger partial charge < -0.3 is 9.47 Å². The molecule has 0 aliphatic carbocycles. The third kappa shape index (κ3) is 2.04. The van der Waals surface area contributed by atoms with Gasteiger partial charge in [0.2, 0.25) is 0 Å². The molecule has 0 unspecified atom stereocenters. The molecule has 0 radical (unpaired) electrons. The first-order valence-electron chi connectivity index (χ1n) is 4.46. The molecular formula is C10H10Cl2O2. The van der Waals surface area contributed by atoms with Crippen molar-refractivity contribution in [2.45, 2.75) is 12.7 Å². The molecule has 2 rings (SSSR count). The fraction of sp³-hybridized carbons (Fsp3) is 0.400. The Balaban J connectivity index is 2.29. The maximum atomic E-state index is 6.02. The Morgan fingerprint density at radius 2 is 1.64 bits per heavy atom. The zero-order valence-electron chi connectivity index (χ0n) is 7.50. The van der Waals surface area contributed by atoms with Crippen LogP contribution in [-0.4, -0.2) is 13.2 Å². The zero-order chi connectivity index (χ0) is 9.97. The van der Waals surface area contributed by atoms with Gasteiger partial charge in [-0.3, -0.25) is 0 Å². The molecule has 14 heavy (non-hydrogen) atoms. The zero-order valence-corrected chi connectivity index (χ0v) is 9.02. The summed E-state index contributed by atoms with van der Waals surface area (Å²) in [6.45, 7) is 1.37. The van der Waals surface area contributed by atoms with Gasteiger partial charge in [-0.1, -0.05) is 29.3 Å². The van der Waals surface area contributed by atoms with E-state index in [9.17, 15) is 0 Å². The van der Waals surface area contributed by atoms with E-state index in [2.05, 4.69) is 0 Å². The van der Waals surface area contributed by atoms with E-state index in [1.165, 1.54) is 0 Å². The van der Waals surface area contributed by atoms with Gasteiger partial charge in [0.25, 0.3) is 0 Å². The van der Waals surface area contributed by atoms with Crippen molar-refractivity contribution in [1.29, 1.82) is 0 Å². The van der Waals surface area contributed by atoms with Crippen molar-refractivity contribution in [2.75, 3.05) is 13.2 Å². The Hall–Kier alpha value is -0.280. The average Bonchev–Trinajstić information content (AvgIpc) is 2.19. The number of halogens is 2. The van der Waals surface area contributed by atoms with Crippen molar-refractivity contribution in [3.63, 3.8) is 0 Å². The molecular weight excluding hydrogens is 223 g/mol. The van der Waals surface area contributed by atoms with Gasteiger partial charge in [0.1, 0.15) is 0 Å². The van der Waals surface area contributed by atoms with Crippen LogP contribution in [0.3, 0.4) is 0 Å². The first kappa shape index (κ1) is 10.2. The first-order valence-corrected chi connectivity index (χ1v) is 5.22. The molecule has 2 nitrogen and oxygen atoms in total. The van der Waals surface area contributed by atoms with Gasteiger partial charge in [-0.2, -0.15) is 0 Å². The largest absolute Gasteiger partial charge is 0.348 e. The van der Waals surface area contributed by atoms with Gasteiger partial charge in [0.15, 0.2) is 6.29 Å². The first-order chi connectivity index (χ1) is 6.79. The third-order valence-corrected chi connectivity index (χ3v) is 2.72. The molecule has 76 valence electrons.